The number of hydrogen-bond donors (Lipinski definition) is 6. The number of phosphoric acid groups is 1. The van der Waals surface area contributed by atoms with Crippen LogP contribution < -0.4 is 0 Å². The molecule has 0 spiro atoms. The van der Waals surface area contributed by atoms with Crippen molar-refractivity contribution in [1.29, 1.82) is 0 Å². The van der Waals surface area contributed by atoms with Crippen LogP contribution in [0.4, 0.5) is 0 Å². The molecule has 1 aliphatic rings. The second-order valence-corrected chi connectivity index (χ2v) is 18.0. The lowest BCUT2D eigenvalue weighted by Gasteiger charge is -2.41. The SMILES string of the molecule is CCCCCCCC/C=C/CCCCCC(=O)OC[C@H](COP(=O)(O)OC1C(O)C(O)C(O)[C@H](O)C1O)OC(=O)CCCCCCCCCCCCCCCCCCC. The molecule has 6 unspecified atom stereocenters. The Morgan fingerprint density at radius 3 is 1.31 bits per heavy atom. The number of unbranched alkanes of at least 4 members (excludes halogenated alkanes) is 25. The van der Waals surface area contributed by atoms with Crippen LogP contribution in [0.1, 0.15) is 206 Å². The first-order chi connectivity index (χ1) is 28.4. The van der Waals surface area contributed by atoms with E-state index in [4.69, 9.17) is 18.5 Å². The van der Waals surface area contributed by atoms with E-state index in [0.29, 0.717) is 12.8 Å². The van der Waals surface area contributed by atoms with E-state index in [1.807, 2.05) is 0 Å². The highest BCUT2D eigenvalue weighted by Crippen LogP contribution is 2.47. The molecule has 0 aliphatic heterocycles. The van der Waals surface area contributed by atoms with Crippen molar-refractivity contribution in [3.8, 4) is 0 Å². The highest BCUT2D eigenvalue weighted by Gasteiger charge is 2.51. The van der Waals surface area contributed by atoms with Gasteiger partial charge in [0, 0.05) is 12.8 Å². The zero-order valence-electron chi connectivity index (χ0n) is 36.8. The molecule has 59 heavy (non-hydrogen) atoms. The molecule has 0 aromatic rings. The molecule has 1 aliphatic carbocycles. The van der Waals surface area contributed by atoms with E-state index in [0.717, 1.165) is 44.9 Å². The number of allylic oxidation sites excluding steroid dienone is 2. The monoisotopic (exact) mass is 865 g/mol. The predicted molar refractivity (Wildman–Crippen MR) is 231 cm³/mol. The highest BCUT2D eigenvalue weighted by atomic mass is 31.2. The van der Waals surface area contributed by atoms with E-state index in [1.165, 1.54) is 122 Å². The summed E-state index contributed by atoms with van der Waals surface area (Å²) in [6.07, 6.45) is 24.1. The maximum Gasteiger partial charge on any atom is 0.472 e. The van der Waals surface area contributed by atoms with Gasteiger partial charge >= 0.3 is 19.8 Å². The van der Waals surface area contributed by atoms with Gasteiger partial charge in [-0.1, -0.05) is 167 Å². The summed E-state index contributed by atoms with van der Waals surface area (Å²) in [5.41, 5.74) is 0. The number of esters is 2. The third kappa shape index (κ3) is 28.7. The standard InChI is InChI=1S/C45H85O13P/c1-3-5-7-9-11-13-15-17-18-19-20-22-24-26-28-30-32-34-39(47)57-37(36-56-59(53,54)58-45-43(51)41(49)40(48)42(50)44(45)52)35-55-38(46)33-31-29-27-25-23-21-16-14-12-10-8-6-4-2/h21,23,37,40-45,48-52H,3-20,22,24-36H2,1-2H3,(H,53,54)/b23-21+/t37-,40?,41+,42?,43?,44?,45?/m1/s1. The molecule has 348 valence electrons. The molecule has 1 rings (SSSR count). The topological polar surface area (TPSA) is 210 Å². The lowest BCUT2D eigenvalue weighted by Crippen LogP contribution is -2.64. The van der Waals surface area contributed by atoms with E-state index >= 15 is 0 Å². The lowest BCUT2D eigenvalue weighted by molar-refractivity contribution is -0.220. The molecule has 1 saturated carbocycles. The maximum atomic E-state index is 12.8. The summed E-state index contributed by atoms with van der Waals surface area (Å²) < 4.78 is 33.5. The van der Waals surface area contributed by atoms with Crippen molar-refractivity contribution in [2.45, 2.75) is 249 Å². The Morgan fingerprint density at radius 1 is 0.508 bits per heavy atom. The number of carbonyl (C=O) groups excluding carboxylic acids is 2. The van der Waals surface area contributed by atoms with Crippen molar-refractivity contribution in [3.63, 3.8) is 0 Å². The highest BCUT2D eigenvalue weighted by molar-refractivity contribution is 7.47. The van der Waals surface area contributed by atoms with E-state index in [-0.39, 0.29) is 12.8 Å². The van der Waals surface area contributed by atoms with Crippen molar-refractivity contribution in [1.82, 2.24) is 0 Å². The smallest absolute Gasteiger partial charge is 0.462 e. The summed E-state index contributed by atoms with van der Waals surface area (Å²) in [7, 11) is -5.11. The van der Waals surface area contributed by atoms with Crippen LogP contribution in [0, 0.1) is 0 Å². The average molecular weight is 865 g/mol. The first kappa shape index (κ1) is 55.6. The molecule has 0 heterocycles. The van der Waals surface area contributed by atoms with Crippen molar-refractivity contribution in [2.75, 3.05) is 13.2 Å². The number of ether oxygens (including phenoxy) is 2. The molecule has 0 saturated heterocycles. The second-order valence-electron chi connectivity index (χ2n) is 16.6. The summed E-state index contributed by atoms with van der Waals surface area (Å²) in [6.45, 7) is 3.29. The van der Waals surface area contributed by atoms with Crippen LogP contribution in [0.25, 0.3) is 0 Å². The minimum absolute atomic E-state index is 0.0995. The first-order valence-electron chi connectivity index (χ1n) is 23.5. The Balaban J connectivity index is 2.45. The molecule has 0 radical (unpaired) electrons. The van der Waals surface area contributed by atoms with Crippen molar-refractivity contribution in [3.05, 3.63) is 12.2 Å². The van der Waals surface area contributed by atoms with Crippen LogP contribution in [0.5, 0.6) is 0 Å². The fourth-order valence-corrected chi connectivity index (χ4v) is 8.26. The molecule has 1 fully saturated rings. The third-order valence-corrected chi connectivity index (χ3v) is 12.1. The Bertz CT molecular complexity index is 1090. The number of carbonyl (C=O) groups is 2. The zero-order valence-corrected chi connectivity index (χ0v) is 37.7. The molecule has 6 N–H and O–H groups in total. The fraction of sp³-hybridized carbons (Fsp3) is 0.911. The first-order valence-corrected chi connectivity index (χ1v) is 25.0. The van der Waals surface area contributed by atoms with Gasteiger partial charge in [0.1, 0.15) is 43.2 Å². The molecule has 13 nitrogen and oxygen atoms in total. The molecule has 0 bridgehead atoms. The number of aliphatic hydroxyl groups excluding tert-OH is 5. The van der Waals surface area contributed by atoms with Crippen LogP contribution in [0.3, 0.4) is 0 Å². The summed E-state index contributed by atoms with van der Waals surface area (Å²) in [5.74, 6) is -1.11. The Labute approximate surface area is 356 Å². The van der Waals surface area contributed by atoms with Crippen LogP contribution >= 0.6 is 7.82 Å². The third-order valence-electron chi connectivity index (χ3n) is 11.1. The van der Waals surface area contributed by atoms with Gasteiger partial charge in [0.25, 0.3) is 0 Å². The zero-order chi connectivity index (χ0) is 43.6. The number of hydrogen-bond acceptors (Lipinski definition) is 12. The Kier molecular flexibility index (Phi) is 34.0. The largest absolute Gasteiger partial charge is 0.472 e. The van der Waals surface area contributed by atoms with E-state index < -0.39 is 75.7 Å². The van der Waals surface area contributed by atoms with Crippen molar-refractivity contribution < 1.29 is 63.1 Å². The normalized spacial score (nSPS) is 22.4. The van der Waals surface area contributed by atoms with Gasteiger partial charge in [-0.3, -0.25) is 18.6 Å². The molecular weight excluding hydrogens is 779 g/mol. The summed E-state index contributed by atoms with van der Waals surface area (Å²) in [4.78, 5) is 35.7. The summed E-state index contributed by atoms with van der Waals surface area (Å²) in [6, 6.07) is 0. The van der Waals surface area contributed by atoms with Crippen LogP contribution in [-0.2, 0) is 32.7 Å². The lowest BCUT2D eigenvalue weighted by atomic mass is 9.85. The van der Waals surface area contributed by atoms with Crippen LogP contribution in [0.2, 0.25) is 0 Å². The quantitative estimate of drug-likeness (QED) is 0.0148. The average Bonchev–Trinajstić information content (AvgIpc) is 3.21. The fourth-order valence-electron chi connectivity index (χ4n) is 7.28. The van der Waals surface area contributed by atoms with Gasteiger partial charge in [-0.15, -0.1) is 0 Å². The predicted octanol–water partition coefficient (Wildman–Crippen LogP) is 9.06. The van der Waals surface area contributed by atoms with Gasteiger partial charge < -0.3 is 39.9 Å². The van der Waals surface area contributed by atoms with Crippen molar-refractivity contribution >= 4 is 19.8 Å². The van der Waals surface area contributed by atoms with Gasteiger partial charge in [0.05, 0.1) is 6.61 Å². The van der Waals surface area contributed by atoms with E-state index in [9.17, 15) is 44.6 Å². The maximum absolute atomic E-state index is 12.8. The molecule has 8 atom stereocenters. The van der Waals surface area contributed by atoms with E-state index in [2.05, 4.69) is 26.0 Å². The molecule has 0 aromatic heterocycles. The van der Waals surface area contributed by atoms with Gasteiger partial charge in [-0.25, -0.2) is 4.57 Å². The molecule has 14 heteroatoms. The Hall–Kier alpha value is -1.41. The summed E-state index contributed by atoms with van der Waals surface area (Å²) >= 11 is 0. The minimum atomic E-state index is -5.11. The van der Waals surface area contributed by atoms with Crippen LogP contribution in [-0.4, -0.2) is 98.3 Å². The number of aliphatic hydroxyl groups is 5. The molecular formula is C45H85O13P. The van der Waals surface area contributed by atoms with Crippen molar-refractivity contribution in [2.24, 2.45) is 0 Å². The minimum Gasteiger partial charge on any atom is -0.462 e. The van der Waals surface area contributed by atoms with Gasteiger partial charge in [0.15, 0.2) is 6.10 Å². The van der Waals surface area contributed by atoms with Gasteiger partial charge in [-0.2, -0.15) is 0 Å². The van der Waals surface area contributed by atoms with Gasteiger partial charge in [-0.05, 0) is 38.5 Å². The molecule has 0 aromatic carbocycles. The summed E-state index contributed by atoms with van der Waals surface area (Å²) in [5, 5.41) is 50.1. The van der Waals surface area contributed by atoms with Crippen LogP contribution in [0.15, 0.2) is 12.2 Å². The number of phosphoric ester groups is 1. The second kappa shape index (κ2) is 36.1. The Morgan fingerprint density at radius 2 is 0.864 bits per heavy atom. The number of rotatable bonds is 39. The van der Waals surface area contributed by atoms with Gasteiger partial charge in [0.2, 0.25) is 0 Å². The molecule has 0 amide bonds. The van der Waals surface area contributed by atoms with E-state index in [1.54, 1.807) is 0 Å².